The highest BCUT2D eigenvalue weighted by atomic mass is 15.2. The Bertz CT molecular complexity index is 3800. The zero-order valence-corrected chi connectivity index (χ0v) is 65.9. The lowest BCUT2D eigenvalue weighted by Gasteiger charge is -2.17. The first-order valence-corrected chi connectivity index (χ1v) is 36.8. The number of aromatic nitrogens is 11. The van der Waals surface area contributed by atoms with Gasteiger partial charge in [-0.1, -0.05) is 267 Å². The highest BCUT2D eigenvalue weighted by Crippen LogP contribution is 2.34. The predicted octanol–water partition coefficient (Wildman–Crippen LogP) is 25.2. The first kappa shape index (κ1) is 81.5. The van der Waals surface area contributed by atoms with Gasteiger partial charge in [0, 0.05) is 63.7 Å². The first-order chi connectivity index (χ1) is 46.8. The van der Waals surface area contributed by atoms with Gasteiger partial charge in [0.05, 0.1) is 39.8 Å². The molecule has 0 aliphatic rings. The molecule has 0 spiro atoms. The molecule has 0 N–H and O–H groups in total. The normalized spacial score (nSPS) is 11.5. The van der Waals surface area contributed by atoms with Crippen molar-refractivity contribution in [3.05, 3.63) is 231 Å². The fourth-order valence-electron chi connectivity index (χ4n) is 12.4. The minimum Gasteiger partial charge on any atom is -0.261 e. The third-order valence-electron chi connectivity index (χ3n) is 17.5. The van der Waals surface area contributed by atoms with Crippen molar-refractivity contribution in [1.82, 2.24) is 54.9 Å². The Balaban J connectivity index is 0.000000209. The Kier molecular flexibility index (Phi) is 32.1. The summed E-state index contributed by atoms with van der Waals surface area (Å²) in [4.78, 5) is 22.3. The van der Waals surface area contributed by atoms with Crippen molar-refractivity contribution >= 4 is 38.1 Å². The van der Waals surface area contributed by atoms with Crippen LogP contribution in [0.1, 0.15) is 356 Å². The Morgan fingerprint density at radius 2 is 0.717 bits per heavy atom. The van der Waals surface area contributed by atoms with E-state index in [0.29, 0.717) is 82.9 Å². The number of benzene rings is 3. The second-order valence-corrected chi connectivity index (χ2v) is 30.6. The molecule has 0 saturated heterocycles. The Labute approximate surface area is 597 Å². The lowest BCUT2D eigenvalue weighted by molar-refractivity contribution is 0.715. The molecule has 99 heavy (non-hydrogen) atoms. The average Bonchev–Trinajstić information content (AvgIpc) is 1.02. The minimum atomic E-state index is 0.425. The van der Waals surface area contributed by atoms with Crippen LogP contribution in [0.2, 0.25) is 0 Å². The molecule has 11 nitrogen and oxygen atoms in total. The number of pyridine rings is 4. The number of rotatable bonds is 14. The third kappa shape index (κ3) is 22.9. The van der Waals surface area contributed by atoms with Crippen LogP contribution in [0.5, 0.6) is 0 Å². The number of imidazole rings is 1. The SMILES string of the molecule is CC(C)c1cc2ccccc2nc1C(C)C.CC(C)c1cc2cncn2nc1C(C)C.CC(C)c1cccnc1C(C)C.CC(C)c1cccnc1C(C)C.CC(C)c1ccnnc1C(C)C.CC(C)c1ncc2ccccc2c1C(C)C.CC(C)c1nnc2ccccc2c1C(C)C. The first-order valence-electron chi connectivity index (χ1n) is 36.8. The molecular weight excluding hydrogens is 1210 g/mol. The number of para-hydroxylation sites is 1. The van der Waals surface area contributed by atoms with E-state index in [2.05, 4.69) is 330 Å². The van der Waals surface area contributed by atoms with Crippen molar-refractivity contribution in [1.29, 1.82) is 0 Å². The monoisotopic (exact) mass is 1330 g/mol. The van der Waals surface area contributed by atoms with Gasteiger partial charge >= 0.3 is 0 Å². The van der Waals surface area contributed by atoms with Crippen molar-refractivity contribution in [2.45, 2.75) is 277 Å². The average molecular weight is 1340 g/mol. The Morgan fingerprint density at radius 1 is 0.283 bits per heavy atom. The molecule has 0 aliphatic carbocycles. The van der Waals surface area contributed by atoms with E-state index in [1.165, 1.54) is 89.0 Å². The van der Waals surface area contributed by atoms with Gasteiger partial charge in [0.25, 0.3) is 0 Å². The molecule has 0 atom stereocenters. The molecule has 0 radical (unpaired) electrons. The predicted molar refractivity (Wildman–Crippen MR) is 424 cm³/mol. The van der Waals surface area contributed by atoms with Crippen molar-refractivity contribution in [3.63, 3.8) is 0 Å². The number of fused-ring (bicyclic) bond motifs is 4. The van der Waals surface area contributed by atoms with E-state index in [0.717, 1.165) is 27.9 Å². The lowest BCUT2D eigenvalue weighted by Crippen LogP contribution is -2.05. The fraction of sp³-hybridized carbons (Fsp3) is 0.477. The molecule has 0 aliphatic heterocycles. The van der Waals surface area contributed by atoms with E-state index in [9.17, 15) is 0 Å². The third-order valence-corrected chi connectivity index (χ3v) is 17.5. The number of hydrogen-bond acceptors (Lipinski definition) is 10. The summed E-state index contributed by atoms with van der Waals surface area (Å²) in [5.41, 5.74) is 21.1. The van der Waals surface area contributed by atoms with Crippen LogP contribution in [0, 0.1) is 0 Å². The second-order valence-electron chi connectivity index (χ2n) is 30.6. The van der Waals surface area contributed by atoms with Crippen molar-refractivity contribution in [2.24, 2.45) is 0 Å². The van der Waals surface area contributed by atoms with E-state index >= 15 is 0 Å². The summed E-state index contributed by atoms with van der Waals surface area (Å²) >= 11 is 0. The molecule has 530 valence electrons. The molecule has 0 unspecified atom stereocenters. The van der Waals surface area contributed by atoms with Crippen LogP contribution >= 0.6 is 0 Å². The van der Waals surface area contributed by atoms with Crippen LogP contribution < -0.4 is 0 Å². The van der Waals surface area contributed by atoms with Crippen molar-refractivity contribution < 1.29 is 0 Å². The van der Waals surface area contributed by atoms with Crippen molar-refractivity contribution in [2.75, 3.05) is 0 Å². The summed E-state index contributed by atoms with van der Waals surface area (Å²) in [6, 6.07) is 40.1. The van der Waals surface area contributed by atoms with Crippen LogP contribution in [0.3, 0.4) is 0 Å². The molecule has 3 aromatic carbocycles. The maximum absolute atomic E-state index is 4.80. The van der Waals surface area contributed by atoms with Gasteiger partial charge in [-0.3, -0.25) is 19.9 Å². The molecule has 0 bridgehead atoms. The summed E-state index contributed by atoms with van der Waals surface area (Å²) < 4.78 is 1.85. The van der Waals surface area contributed by atoms with Crippen LogP contribution in [-0.2, 0) is 0 Å². The quantitative estimate of drug-likeness (QED) is 0.104. The molecule has 11 heteroatoms. The van der Waals surface area contributed by atoms with E-state index in [1.807, 2.05) is 53.6 Å². The maximum Gasteiger partial charge on any atom is 0.117 e. The Hall–Kier alpha value is -8.18. The van der Waals surface area contributed by atoms with Crippen LogP contribution in [0.4, 0.5) is 0 Å². The van der Waals surface area contributed by atoms with Gasteiger partial charge < -0.3 is 0 Å². The van der Waals surface area contributed by atoms with E-state index in [4.69, 9.17) is 4.98 Å². The topological polar surface area (TPSA) is 133 Å². The molecule has 11 aromatic rings. The fourth-order valence-corrected chi connectivity index (χ4v) is 12.4. The minimum absolute atomic E-state index is 0.425. The highest BCUT2D eigenvalue weighted by molar-refractivity contribution is 5.86. The van der Waals surface area contributed by atoms with Crippen LogP contribution in [-0.4, -0.2) is 54.9 Å². The molecule has 0 fully saturated rings. The van der Waals surface area contributed by atoms with Gasteiger partial charge in [0.15, 0.2) is 0 Å². The lowest BCUT2D eigenvalue weighted by atomic mass is 9.91. The molecular formula is C88H123N11. The number of nitrogens with zero attached hydrogens (tertiary/aromatic N) is 11. The molecule has 11 rings (SSSR count). The summed E-state index contributed by atoms with van der Waals surface area (Å²) in [5, 5.41) is 26.4. The summed E-state index contributed by atoms with van der Waals surface area (Å²) in [6.45, 7) is 61.6. The Morgan fingerprint density at radius 3 is 1.18 bits per heavy atom. The zero-order chi connectivity index (χ0) is 73.5. The standard InChI is InChI=1S/2C15H19N.C14H18N2.C12H17N3.2C11H17N.C10H16N2/c1-10(2)13-9-12-7-5-6-8-14(12)16-15(13)11(3)4;1-10(2)14-13-8-6-5-7-12(13)9-16-15(14)11(3)4;1-9(2)13-11-7-5-6-8-12(11)15-16-14(13)10(3)4;1-8(2)11-5-10-6-13-7-15(10)14-12(11)9(3)4;2*1-8(2)10-6-5-7-12-11(10)9(3)4;1-7(2)9-5-6-11-12-10(9)8(3)4/h2*5-11H,1-4H3;5-10H,1-4H3;5-9H,1-4H3;2*5-9H,1-4H3;5-8H,1-4H3. The van der Waals surface area contributed by atoms with E-state index in [-0.39, 0.29) is 0 Å². The van der Waals surface area contributed by atoms with Crippen LogP contribution in [0.15, 0.2) is 153 Å². The van der Waals surface area contributed by atoms with E-state index < -0.39 is 0 Å². The smallest absolute Gasteiger partial charge is 0.117 e. The molecule has 0 saturated carbocycles. The molecule has 8 heterocycles. The van der Waals surface area contributed by atoms with Gasteiger partial charge in [0.2, 0.25) is 0 Å². The van der Waals surface area contributed by atoms with Gasteiger partial charge in [-0.15, -0.1) is 0 Å². The van der Waals surface area contributed by atoms with Gasteiger partial charge in [0.1, 0.15) is 6.33 Å². The highest BCUT2D eigenvalue weighted by Gasteiger charge is 2.19. The second kappa shape index (κ2) is 39.0. The van der Waals surface area contributed by atoms with Crippen molar-refractivity contribution in [3.8, 4) is 0 Å². The molecule has 8 aromatic heterocycles. The van der Waals surface area contributed by atoms with Gasteiger partial charge in [-0.05, 0) is 170 Å². The van der Waals surface area contributed by atoms with Gasteiger partial charge in [-0.2, -0.15) is 25.5 Å². The maximum atomic E-state index is 4.80. The van der Waals surface area contributed by atoms with E-state index in [1.54, 1.807) is 12.5 Å². The summed E-state index contributed by atoms with van der Waals surface area (Å²) in [6.07, 6.45) is 11.1. The molecule has 0 amide bonds. The number of hydrogen-bond donors (Lipinski definition) is 0. The van der Waals surface area contributed by atoms with Crippen LogP contribution in [0.25, 0.3) is 38.1 Å². The van der Waals surface area contributed by atoms with Gasteiger partial charge in [-0.25, -0.2) is 9.50 Å². The summed E-state index contributed by atoms with van der Waals surface area (Å²) in [7, 11) is 0. The largest absolute Gasteiger partial charge is 0.261 e. The zero-order valence-electron chi connectivity index (χ0n) is 65.9. The summed E-state index contributed by atoms with van der Waals surface area (Å²) in [5.74, 6) is 7.14.